The predicted octanol–water partition coefficient (Wildman–Crippen LogP) is 9.48. The molecule has 1 aliphatic carbocycles. The molecular weight excluding hydrogens is 486 g/mol. The molecule has 5 aromatic carbocycles. The number of nitriles is 1. The Bertz CT molecular complexity index is 1790. The Morgan fingerprint density at radius 3 is 1.73 bits per heavy atom. The Balaban J connectivity index is 1.35. The Kier molecular flexibility index (Phi) is 5.31. The Labute approximate surface area is 236 Å². The van der Waals surface area contributed by atoms with Gasteiger partial charge in [-0.3, -0.25) is 0 Å². The van der Waals surface area contributed by atoms with E-state index in [1.54, 1.807) is 0 Å². The molecule has 0 fully saturated rings. The van der Waals surface area contributed by atoms with Gasteiger partial charge < -0.3 is 4.74 Å². The molecule has 0 saturated heterocycles. The normalized spacial score (nSPS) is 16.0. The molecule has 0 bridgehead atoms. The molecule has 194 valence electrons. The van der Waals surface area contributed by atoms with Crippen LogP contribution in [-0.4, -0.2) is 0 Å². The highest BCUT2D eigenvalue weighted by Gasteiger charge is 2.39. The SMILES string of the molecule is CC1(C)c2ccc(-c3ccc(C#N)cc3)cc2Oc2cc(C3c4ccccc4C(C)(C)c4ccccc43)ccc21. The fourth-order valence-electron chi connectivity index (χ4n) is 6.93. The number of rotatable bonds is 2. The summed E-state index contributed by atoms with van der Waals surface area (Å²) in [4.78, 5) is 0. The van der Waals surface area contributed by atoms with E-state index in [-0.39, 0.29) is 16.7 Å². The van der Waals surface area contributed by atoms with Crippen molar-refractivity contribution >= 4 is 0 Å². The standard InChI is InChI=1S/C38H31NO/c1-37(2)30-11-7-5-9-28(30)36(29-10-6-8-12-31(29)37)27-18-20-33-35(22-27)40-34-21-26(17-19-32(34)38(33,3)4)25-15-13-24(23-39)14-16-25/h5-22,36H,1-4H3. The van der Waals surface area contributed by atoms with Crippen LogP contribution < -0.4 is 4.74 Å². The van der Waals surface area contributed by atoms with Gasteiger partial charge in [-0.15, -0.1) is 0 Å². The zero-order valence-electron chi connectivity index (χ0n) is 23.3. The van der Waals surface area contributed by atoms with Crippen LogP contribution in [0.25, 0.3) is 11.1 Å². The van der Waals surface area contributed by atoms with Crippen molar-refractivity contribution in [2.24, 2.45) is 0 Å². The fourth-order valence-corrected chi connectivity index (χ4v) is 6.93. The summed E-state index contributed by atoms with van der Waals surface area (Å²) in [6.07, 6.45) is 0. The van der Waals surface area contributed by atoms with Crippen molar-refractivity contribution < 1.29 is 4.74 Å². The molecule has 40 heavy (non-hydrogen) atoms. The summed E-state index contributed by atoms with van der Waals surface area (Å²) in [7, 11) is 0. The van der Waals surface area contributed by atoms with Gasteiger partial charge in [0.1, 0.15) is 11.5 Å². The predicted molar refractivity (Wildman–Crippen MR) is 161 cm³/mol. The molecule has 0 spiro atoms. The molecule has 7 rings (SSSR count). The lowest BCUT2D eigenvalue weighted by molar-refractivity contribution is 0.417. The Morgan fingerprint density at radius 2 is 1.10 bits per heavy atom. The van der Waals surface area contributed by atoms with Gasteiger partial charge in [0.25, 0.3) is 0 Å². The van der Waals surface area contributed by atoms with Gasteiger partial charge in [0.05, 0.1) is 11.6 Å². The maximum absolute atomic E-state index is 9.19. The van der Waals surface area contributed by atoms with Gasteiger partial charge in [0.2, 0.25) is 0 Å². The lowest BCUT2D eigenvalue weighted by atomic mass is 9.63. The first-order chi connectivity index (χ1) is 19.3. The van der Waals surface area contributed by atoms with Crippen LogP contribution in [0.1, 0.15) is 78.1 Å². The monoisotopic (exact) mass is 517 g/mol. The highest BCUT2D eigenvalue weighted by Crippen LogP contribution is 2.53. The summed E-state index contributed by atoms with van der Waals surface area (Å²) in [5, 5.41) is 9.19. The van der Waals surface area contributed by atoms with Gasteiger partial charge in [-0.1, -0.05) is 113 Å². The molecule has 0 saturated carbocycles. The Hall–Kier alpha value is -4.61. The number of ether oxygens (including phenoxy) is 1. The van der Waals surface area contributed by atoms with E-state index in [2.05, 4.69) is 119 Å². The van der Waals surface area contributed by atoms with Crippen molar-refractivity contribution in [1.82, 2.24) is 0 Å². The summed E-state index contributed by atoms with van der Waals surface area (Å²) >= 11 is 0. The molecular formula is C38H31NO. The second-order valence-electron chi connectivity index (χ2n) is 12.1. The number of hydrogen-bond donors (Lipinski definition) is 0. The average Bonchev–Trinajstić information content (AvgIpc) is 2.97. The second kappa shape index (κ2) is 8.70. The first-order valence-electron chi connectivity index (χ1n) is 14.0. The van der Waals surface area contributed by atoms with Crippen LogP contribution in [-0.2, 0) is 10.8 Å². The third-order valence-corrected chi connectivity index (χ3v) is 9.12. The van der Waals surface area contributed by atoms with Crippen LogP contribution in [0, 0.1) is 11.3 Å². The summed E-state index contributed by atoms with van der Waals surface area (Å²) < 4.78 is 6.72. The molecule has 1 heterocycles. The molecule has 0 atom stereocenters. The maximum atomic E-state index is 9.19. The van der Waals surface area contributed by atoms with Crippen LogP contribution in [0.2, 0.25) is 0 Å². The minimum absolute atomic E-state index is 0.0584. The lowest BCUT2D eigenvalue weighted by Crippen LogP contribution is -2.30. The minimum Gasteiger partial charge on any atom is -0.457 e. The van der Waals surface area contributed by atoms with Crippen molar-refractivity contribution in [2.75, 3.05) is 0 Å². The molecule has 2 heteroatoms. The van der Waals surface area contributed by atoms with E-state index in [1.807, 2.05) is 24.3 Å². The maximum Gasteiger partial charge on any atom is 0.132 e. The van der Waals surface area contributed by atoms with Crippen molar-refractivity contribution in [2.45, 2.75) is 44.4 Å². The smallest absolute Gasteiger partial charge is 0.132 e. The molecule has 1 aliphatic heterocycles. The van der Waals surface area contributed by atoms with Crippen LogP contribution >= 0.6 is 0 Å². The van der Waals surface area contributed by atoms with E-state index in [4.69, 9.17) is 4.74 Å². The third-order valence-electron chi connectivity index (χ3n) is 9.12. The second-order valence-corrected chi connectivity index (χ2v) is 12.1. The number of fused-ring (bicyclic) bond motifs is 4. The largest absolute Gasteiger partial charge is 0.457 e. The highest BCUT2D eigenvalue weighted by atomic mass is 16.5. The summed E-state index contributed by atoms with van der Waals surface area (Å²) in [5.74, 6) is 1.96. The molecule has 2 nitrogen and oxygen atoms in total. The number of nitrogens with zero attached hydrogens (tertiary/aromatic N) is 1. The number of benzene rings is 5. The average molecular weight is 518 g/mol. The molecule has 0 radical (unpaired) electrons. The Morgan fingerprint density at radius 1 is 0.575 bits per heavy atom. The van der Waals surface area contributed by atoms with Crippen LogP contribution in [0.15, 0.2) is 109 Å². The molecule has 0 amide bonds. The quantitative estimate of drug-likeness (QED) is 0.234. The van der Waals surface area contributed by atoms with Gasteiger partial charge in [-0.05, 0) is 63.2 Å². The van der Waals surface area contributed by atoms with Gasteiger partial charge in [-0.25, -0.2) is 0 Å². The van der Waals surface area contributed by atoms with Crippen LogP contribution in [0.3, 0.4) is 0 Å². The molecule has 0 unspecified atom stereocenters. The highest BCUT2D eigenvalue weighted by molar-refractivity contribution is 5.70. The summed E-state index contributed by atoms with van der Waals surface area (Å²) in [6.45, 7) is 9.23. The van der Waals surface area contributed by atoms with Crippen molar-refractivity contribution in [3.05, 3.63) is 154 Å². The molecule has 2 aliphatic rings. The van der Waals surface area contributed by atoms with Gasteiger partial charge >= 0.3 is 0 Å². The van der Waals surface area contributed by atoms with Crippen molar-refractivity contribution in [3.8, 4) is 28.7 Å². The summed E-state index contributed by atoms with van der Waals surface area (Å²) in [5.41, 5.74) is 11.7. The zero-order chi connectivity index (χ0) is 27.6. The lowest BCUT2D eigenvalue weighted by Gasteiger charge is -2.40. The van der Waals surface area contributed by atoms with E-state index < -0.39 is 0 Å². The van der Waals surface area contributed by atoms with E-state index in [0.717, 1.165) is 22.6 Å². The van der Waals surface area contributed by atoms with E-state index in [1.165, 1.54) is 38.9 Å². The number of hydrogen-bond acceptors (Lipinski definition) is 2. The van der Waals surface area contributed by atoms with E-state index in [9.17, 15) is 5.26 Å². The van der Waals surface area contributed by atoms with Gasteiger partial charge in [0, 0.05) is 27.9 Å². The first kappa shape index (κ1) is 24.4. The molecule has 0 aromatic heterocycles. The topological polar surface area (TPSA) is 33.0 Å². The van der Waals surface area contributed by atoms with E-state index in [0.29, 0.717) is 5.56 Å². The fraction of sp³-hybridized carbons (Fsp3) is 0.184. The van der Waals surface area contributed by atoms with E-state index >= 15 is 0 Å². The zero-order valence-corrected chi connectivity index (χ0v) is 23.3. The van der Waals surface area contributed by atoms with Crippen LogP contribution in [0.5, 0.6) is 11.5 Å². The van der Waals surface area contributed by atoms with Gasteiger partial charge in [-0.2, -0.15) is 5.26 Å². The van der Waals surface area contributed by atoms with Gasteiger partial charge in [0.15, 0.2) is 0 Å². The molecule has 0 N–H and O–H groups in total. The van der Waals surface area contributed by atoms with Crippen molar-refractivity contribution in [1.29, 1.82) is 5.26 Å². The van der Waals surface area contributed by atoms with Crippen molar-refractivity contribution in [3.63, 3.8) is 0 Å². The van der Waals surface area contributed by atoms with Crippen LogP contribution in [0.4, 0.5) is 0 Å². The summed E-state index contributed by atoms with van der Waals surface area (Å²) in [6, 6.07) is 41.1. The third kappa shape index (κ3) is 3.55. The molecule has 5 aromatic rings. The first-order valence-corrected chi connectivity index (χ1v) is 14.0. The minimum atomic E-state index is -0.199.